The maximum Gasteiger partial charge on any atom is 0.230 e. The van der Waals surface area contributed by atoms with E-state index in [4.69, 9.17) is 0 Å². The monoisotopic (exact) mass is 454 g/mol. The standard InChI is InChI=1S/C26H38N4O3/c31-22-10-8-21(9-11-22)30-16-14-26(25(30)33)13-4-15-29(18-26)23-12-7-20(17-27-23)28-24(32)19-5-2-1-3-6-19/h7,12,17,19,21-22,31H,1-6,8-11,13-16,18H2,(H,28,32)/t21-,22-,26?. The number of nitrogens with one attached hydrogen (secondary N) is 1. The van der Waals surface area contributed by atoms with Crippen LogP contribution in [-0.4, -0.2) is 58.6 Å². The molecule has 3 heterocycles. The van der Waals surface area contributed by atoms with Crippen LogP contribution < -0.4 is 10.2 Å². The first kappa shape index (κ1) is 22.6. The fourth-order valence-electron chi connectivity index (χ4n) is 6.53. The van der Waals surface area contributed by atoms with Gasteiger partial charge in [-0.2, -0.15) is 0 Å². The fourth-order valence-corrected chi connectivity index (χ4v) is 6.53. The lowest BCUT2D eigenvalue weighted by molar-refractivity contribution is -0.139. The minimum atomic E-state index is -0.302. The number of amides is 2. The minimum absolute atomic E-state index is 0.119. The molecule has 2 aliphatic heterocycles. The van der Waals surface area contributed by atoms with Crippen LogP contribution in [0.2, 0.25) is 0 Å². The number of carbonyl (C=O) groups is 2. The van der Waals surface area contributed by atoms with Crippen LogP contribution in [0.15, 0.2) is 18.3 Å². The van der Waals surface area contributed by atoms with Crippen molar-refractivity contribution in [2.75, 3.05) is 29.9 Å². The van der Waals surface area contributed by atoms with Gasteiger partial charge >= 0.3 is 0 Å². The van der Waals surface area contributed by atoms with Crippen molar-refractivity contribution in [1.82, 2.24) is 9.88 Å². The molecule has 1 aromatic rings. The van der Waals surface area contributed by atoms with Crippen molar-refractivity contribution in [1.29, 1.82) is 0 Å². The van der Waals surface area contributed by atoms with Gasteiger partial charge in [-0.25, -0.2) is 4.98 Å². The number of piperidine rings is 1. The van der Waals surface area contributed by atoms with Crippen LogP contribution in [0.1, 0.15) is 77.0 Å². The molecular formula is C26H38N4O3. The number of hydrogen-bond donors (Lipinski definition) is 2. The zero-order valence-electron chi connectivity index (χ0n) is 19.7. The molecule has 2 amide bonds. The Kier molecular flexibility index (Phi) is 6.59. The van der Waals surface area contributed by atoms with E-state index >= 15 is 0 Å². The quantitative estimate of drug-likeness (QED) is 0.724. The third kappa shape index (κ3) is 4.75. The highest BCUT2D eigenvalue weighted by atomic mass is 16.3. The van der Waals surface area contributed by atoms with Gasteiger partial charge in [-0.15, -0.1) is 0 Å². The summed E-state index contributed by atoms with van der Waals surface area (Å²) < 4.78 is 0. The summed E-state index contributed by atoms with van der Waals surface area (Å²) in [6.45, 7) is 2.47. The van der Waals surface area contributed by atoms with Crippen LogP contribution in [-0.2, 0) is 9.59 Å². The SMILES string of the molecule is O=C(Nc1ccc(N2CCCC3(CCN([C@H]4CC[C@H](O)CC4)C3=O)C2)nc1)C1CCCCC1. The molecule has 7 heteroatoms. The molecule has 0 aromatic carbocycles. The summed E-state index contributed by atoms with van der Waals surface area (Å²) in [4.78, 5) is 35.1. The maximum absolute atomic E-state index is 13.5. The number of aliphatic hydroxyl groups excluding tert-OH is 1. The van der Waals surface area contributed by atoms with E-state index < -0.39 is 0 Å². The summed E-state index contributed by atoms with van der Waals surface area (Å²) in [6, 6.07) is 4.22. The lowest BCUT2D eigenvalue weighted by Crippen LogP contribution is -2.50. The number of aromatic nitrogens is 1. The van der Waals surface area contributed by atoms with E-state index in [1.165, 1.54) is 6.42 Å². The molecule has 0 bridgehead atoms. The molecule has 180 valence electrons. The molecule has 1 aromatic heterocycles. The number of rotatable bonds is 4. The molecule has 4 aliphatic rings. The van der Waals surface area contributed by atoms with E-state index in [1.807, 2.05) is 12.1 Å². The number of anilines is 2. The van der Waals surface area contributed by atoms with E-state index in [1.54, 1.807) is 6.20 Å². The molecule has 0 radical (unpaired) electrons. The van der Waals surface area contributed by atoms with Gasteiger partial charge in [0.25, 0.3) is 0 Å². The predicted octanol–water partition coefficient (Wildman–Crippen LogP) is 3.72. The Hall–Kier alpha value is -2.15. The molecule has 7 nitrogen and oxygen atoms in total. The van der Waals surface area contributed by atoms with Gasteiger partial charge in [0, 0.05) is 31.6 Å². The average molecular weight is 455 g/mol. The lowest BCUT2D eigenvalue weighted by atomic mass is 9.78. The summed E-state index contributed by atoms with van der Waals surface area (Å²) >= 11 is 0. The second-order valence-electron chi connectivity index (χ2n) is 10.7. The van der Waals surface area contributed by atoms with Gasteiger partial charge in [0.15, 0.2) is 0 Å². The molecule has 1 unspecified atom stereocenters. The number of hydrogen-bond acceptors (Lipinski definition) is 5. The fraction of sp³-hybridized carbons (Fsp3) is 0.731. The Balaban J connectivity index is 1.21. The minimum Gasteiger partial charge on any atom is -0.393 e. The number of carbonyl (C=O) groups excluding carboxylic acids is 2. The smallest absolute Gasteiger partial charge is 0.230 e. The Labute approximate surface area is 196 Å². The summed E-state index contributed by atoms with van der Waals surface area (Å²) in [5, 5.41) is 12.9. The number of aliphatic hydroxyl groups is 1. The summed E-state index contributed by atoms with van der Waals surface area (Å²) in [6.07, 6.45) is 13.4. The van der Waals surface area contributed by atoms with Crippen molar-refractivity contribution < 1.29 is 14.7 Å². The third-order valence-corrected chi connectivity index (χ3v) is 8.55. The molecule has 5 rings (SSSR count). The Bertz CT molecular complexity index is 846. The zero-order chi connectivity index (χ0) is 22.8. The van der Waals surface area contributed by atoms with Crippen LogP contribution in [0.4, 0.5) is 11.5 Å². The predicted molar refractivity (Wildman–Crippen MR) is 128 cm³/mol. The van der Waals surface area contributed by atoms with E-state index in [0.29, 0.717) is 11.9 Å². The van der Waals surface area contributed by atoms with Crippen LogP contribution in [0.25, 0.3) is 0 Å². The maximum atomic E-state index is 13.5. The van der Waals surface area contributed by atoms with Crippen LogP contribution in [0, 0.1) is 11.3 Å². The first-order valence-electron chi connectivity index (χ1n) is 13.1. The first-order valence-corrected chi connectivity index (χ1v) is 13.1. The van der Waals surface area contributed by atoms with Crippen LogP contribution in [0.5, 0.6) is 0 Å². The summed E-state index contributed by atoms with van der Waals surface area (Å²) in [5.41, 5.74) is 0.452. The molecular weight excluding hydrogens is 416 g/mol. The van der Waals surface area contributed by atoms with Crippen molar-refractivity contribution in [3.05, 3.63) is 18.3 Å². The second-order valence-corrected chi connectivity index (χ2v) is 10.7. The van der Waals surface area contributed by atoms with Gasteiger partial charge in [-0.1, -0.05) is 19.3 Å². The van der Waals surface area contributed by atoms with Gasteiger partial charge in [-0.05, 0) is 69.9 Å². The highest BCUT2D eigenvalue weighted by Gasteiger charge is 2.50. The van der Waals surface area contributed by atoms with E-state index in [0.717, 1.165) is 102 Å². The highest BCUT2D eigenvalue weighted by Crippen LogP contribution is 2.43. The van der Waals surface area contributed by atoms with Crippen molar-refractivity contribution in [2.45, 2.75) is 89.2 Å². The van der Waals surface area contributed by atoms with Crippen LogP contribution in [0.3, 0.4) is 0 Å². The molecule has 4 fully saturated rings. The van der Waals surface area contributed by atoms with Gasteiger partial charge in [0.05, 0.1) is 23.4 Å². The summed E-state index contributed by atoms with van der Waals surface area (Å²) in [5.74, 6) is 1.44. The van der Waals surface area contributed by atoms with Crippen molar-refractivity contribution in [3.8, 4) is 0 Å². The largest absolute Gasteiger partial charge is 0.393 e. The van der Waals surface area contributed by atoms with Crippen LogP contribution >= 0.6 is 0 Å². The Morgan fingerprint density at radius 2 is 1.79 bits per heavy atom. The molecule has 1 atom stereocenters. The van der Waals surface area contributed by atoms with E-state index in [9.17, 15) is 14.7 Å². The number of likely N-dealkylation sites (tertiary alicyclic amines) is 1. The topological polar surface area (TPSA) is 85.8 Å². The van der Waals surface area contributed by atoms with Crippen molar-refractivity contribution in [2.24, 2.45) is 11.3 Å². The lowest BCUT2D eigenvalue weighted by Gasteiger charge is -2.41. The number of nitrogens with zero attached hydrogens (tertiary/aromatic N) is 3. The van der Waals surface area contributed by atoms with Crippen molar-refractivity contribution >= 4 is 23.3 Å². The zero-order valence-corrected chi connectivity index (χ0v) is 19.7. The van der Waals surface area contributed by atoms with E-state index in [2.05, 4.69) is 20.1 Å². The number of pyridine rings is 1. The van der Waals surface area contributed by atoms with Crippen molar-refractivity contribution in [3.63, 3.8) is 0 Å². The Morgan fingerprint density at radius 3 is 2.52 bits per heavy atom. The molecule has 1 spiro atoms. The van der Waals surface area contributed by atoms with Gasteiger partial charge < -0.3 is 20.2 Å². The molecule has 2 saturated carbocycles. The van der Waals surface area contributed by atoms with Gasteiger partial charge in [-0.3, -0.25) is 9.59 Å². The average Bonchev–Trinajstić information content (AvgIpc) is 3.15. The van der Waals surface area contributed by atoms with Gasteiger partial charge in [0.1, 0.15) is 5.82 Å². The third-order valence-electron chi connectivity index (χ3n) is 8.55. The van der Waals surface area contributed by atoms with E-state index in [-0.39, 0.29) is 23.3 Å². The second kappa shape index (κ2) is 9.61. The molecule has 33 heavy (non-hydrogen) atoms. The normalized spacial score (nSPS) is 31.2. The first-order chi connectivity index (χ1) is 16.0. The Morgan fingerprint density at radius 1 is 1.00 bits per heavy atom. The van der Waals surface area contributed by atoms with Gasteiger partial charge in [0.2, 0.25) is 11.8 Å². The highest BCUT2D eigenvalue weighted by molar-refractivity contribution is 5.92. The summed E-state index contributed by atoms with van der Waals surface area (Å²) in [7, 11) is 0. The molecule has 2 aliphatic carbocycles. The molecule has 2 saturated heterocycles. The molecule has 2 N–H and O–H groups in total.